The maximum Gasteiger partial charge on any atom is 0.221 e. The lowest BCUT2D eigenvalue weighted by Gasteiger charge is -2.35. The van der Waals surface area contributed by atoms with E-state index in [1.54, 1.807) is 13.1 Å². The largest absolute Gasteiger partial charge is 0.364 e. The lowest BCUT2D eigenvalue weighted by Crippen LogP contribution is -2.54. The fourth-order valence-electron chi connectivity index (χ4n) is 2.74. The smallest absolute Gasteiger partial charge is 0.221 e. The van der Waals surface area contributed by atoms with Gasteiger partial charge in [0.25, 0.3) is 0 Å². The van der Waals surface area contributed by atoms with Gasteiger partial charge in [-0.2, -0.15) is 4.31 Å². The lowest BCUT2D eigenvalue weighted by molar-refractivity contribution is -0.120. The van der Waals surface area contributed by atoms with Crippen molar-refractivity contribution in [2.75, 3.05) is 46.3 Å². The molecule has 160 valence electrons. The van der Waals surface area contributed by atoms with Crippen LogP contribution in [0.25, 0.3) is 0 Å². The zero-order valence-electron chi connectivity index (χ0n) is 16.3. The molecule has 1 saturated heterocycles. The standard InChI is InChI=1S/C16H28N6O4S.HI/c1-3-6-18-15(23)4-7-19-16(17-2)21-8-10-22(11-9-21)27(24,25)13-14-5-12-26-20-14;/h5,12H,3-4,6-11,13H2,1-2H3,(H,17,19)(H,18,23);1H. The van der Waals surface area contributed by atoms with Gasteiger partial charge in [0.1, 0.15) is 12.0 Å². The highest BCUT2D eigenvalue weighted by molar-refractivity contribution is 14.0. The number of hydrogen-bond acceptors (Lipinski definition) is 6. The maximum atomic E-state index is 12.5. The van der Waals surface area contributed by atoms with E-state index in [-0.39, 0.29) is 35.6 Å². The van der Waals surface area contributed by atoms with Crippen molar-refractivity contribution in [3.8, 4) is 0 Å². The molecule has 2 heterocycles. The van der Waals surface area contributed by atoms with Crippen LogP contribution in [0.3, 0.4) is 0 Å². The van der Waals surface area contributed by atoms with E-state index < -0.39 is 10.0 Å². The number of amides is 1. The quantitative estimate of drug-likeness (QED) is 0.282. The summed E-state index contributed by atoms with van der Waals surface area (Å²) in [5, 5.41) is 9.65. The third kappa shape index (κ3) is 7.54. The van der Waals surface area contributed by atoms with Gasteiger partial charge in [0.05, 0.1) is 5.69 Å². The molecule has 0 aromatic carbocycles. The number of hydrogen-bond donors (Lipinski definition) is 2. The molecule has 0 saturated carbocycles. The van der Waals surface area contributed by atoms with Crippen LogP contribution in [0.1, 0.15) is 25.5 Å². The van der Waals surface area contributed by atoms with Crippen molar-refractivity contribution in [2.45, 2.75) is 25.5 Å². The predicted octanol–water partition coefficient (Wildman–Crippen LogP) is 0.232. The second-order valence-electron chi connectivity index (χ2n) is 6.21. The number of piperazine rings is 1. The van der Waals surface area contributed by atoms with Crippen LogP contribution in [0.4, 0.5) is 0 Å². The number of halogens is 1. The van der Waals surface area contributed by atoms with Gasteiger partial charge in [-0.1, -0.05) is 12.1 Å². The van der Waals surface area contributed by atoms with Gasteiger partial charge in [-0.3, -0.25) is 9.79 Å². The van der Waals surface area contributed by atoms with E-state index in [9.17, 15) is 13.2 Å². The first-order chi connectivity index (χ1) is 13.0. The van der Waals surface area contributed by atoms with E-state index in [4.69, 9.17) is 4.52 Å². The Balaban J connectivity index is 0.00000392. The third-order valence-corrected chi connectivity index (χ3v) is 5.98. The first-order valence-electron chi connectivity index (χ1n) is 9.05. The summed E-state index contributed by atoms with van der Waals surface area (Å²) in [7, 11) is -1.75. The molecule has 1 amide bonds. The van der Waals surface area contributed by atoms with Crippen LogP contribution < -0.4 is 10.6 Å². The molecule has 10 nitrogen and oxygen atoms in total. The molecule has 0 atom stereocenters. The normalized spacial score (nSPS) is 15.8. The van der Waals surface area contributed by atoms with Crippen LogP contribution in [0.5, 0.6) is 0 Å². The van der Waals surface area contributed by atoms with Crippen LogP contribution in [0.15, 0.2) is 21.8 Å². The van der Waals surface area contributed by atoms with E-state index in [1.165, 1.54) is 10.6 Å². The number of carbonyl (C=O) groups is 1. The second-order valence-corrected chi connectivity index (χ2v) is 8.18. The number of guanidine groups is 1. The lowest BCUT2D eigenvalue weighted by atomic mass is 10.3. The molecule has 1 aromatic rings. The third-order valence-electron chi connectivity index (χ3n) is 4.17. The summed E-state index contributed by atoms with van der Waals surface area (Å²) >= 11 is 0. The summed E-state index contributed by atoms with van der Waals surface area (Å²) in [4.78, 5) is 17.9. The van der Waals surface area contributed by atoms with Crippen molar-refractivity contribution in [3.05, 3.63) is 18.0 Å². The Morgan fingerprint density at radius 3 is 2.54 bits per heavy atom. The van der Waals surface area contributed by atoms with E-state index in [2.05, 4.69) is 20.8 Å². The van der Waals surface area contributed by atoms with Gasteiger partial charge in [0.15, 0.2) is 5.96 Å². The van der Waals surface area contributed by atoms with Gasteiger partial charge in [-0.15, -0.1) is 24.0 Å². The summed E-state index contributed by atoms with van der Waals surface area (Å²) < 4.78 is 31.1. The summed E-state index contributed by atoms with van der Waals surface area (Å²) in [6.07, 6.45) is 2.64. The van der Waals surface area contributed by atoms with Crippen molar-refractivity contribution in [1.29, 1.82) is 0 Å². The van der Waals surface area contributed by atoms with Crippen LogP contribution >= 0.6 is 24.0 Å². The molecular formula is C16H29IN6O4S. The molecule has 0 bridgehead atoms. The topological polar surface area (TPSA) is 120 Å². The van der Waals surface area contributed by atoms with Gasteiger partial charge in [0, 0.05) is 58.8 Å². The molecule has 1 fully saturated rings. The number of aliphatic imine (C=N–C) groups is 1. The maximum absolute atomic E-state index is 12.5. The molecule has 12 heteroatoms. The Morgan fingerprint density at radius 2 is 1.96 bits per heavy atom. The Morgan fingerprint density at radius 1 is 1.25 bits per heavy atom. The Bertz CT molecular complexity index is 718. The Labute approximate surface area is 183 Å². The van der Waals surface area contributed by atoms with Gasteiger partial charge in [-0.05, 0) is 6.42 Å². The SMILES string of the molecule is CCCNC(=O)CCNC(=NC)N1CCN(S(=O)(=O)Cc2ccon2)CC1.I. The average molecular weight is 528 g/mol. The summed E-state index contributed by atoms with van der Waals surface area (Å²) in [5.74, 6) is 0.513. The molecular weight excluding hydrogens is 499 g/mol. The molecule has 1 aliphatic heterocycles. The van der Waals surface area contributed by atoms with Crippen molar-refractivity contribution in [1.82, 2.24) is 25.0 Å². The zero-order valence-corrected chi connectivity index (χ0v) is 19.4. The van der Waals surface area contributed by atoms with Gasteiger partial charge in [-0.25, -0.2) is 8.42 Å². The summed E-state index contributed by atoms with van der Waals surface area (Å²) in [5.41, 5.74) is 0.399. The number of sulfonamides is 1. The zero-order chi connectivity index (χ0) is 19.7. The monoisotopic (exact) mass is 528 g/mol. The second kappa shape index (κ2) is 12.2. The van der Waals surface area contributed by atoms with Crippen molar-refractivity contribution in [2.24, 2.45) is 4.99 Å². The van der Waals surface area contributed by atoms with E-state index >= 15 is 0 Å². The molecule has 28 heavy (non-hydrogen) atoms. The number of nitrogens with zero attached hydrogens (tertiary/aromatic N) is 4. The van der Waals surface area contributed by atoms with Gasteiger partial charge >= 0.3 is 0 Å². The molecule has 1 aromatic heterocycles. The number of rotatable bonds is 8. The molecule has 2 rings (SSSR count). The fraction of sp³-hybridized carbons (Fsp3) is 0.688. The van der Waals surface area contributed by atoms with Crippen LogP contribution in [0.2, 0.25) is 0 Å². The minimum absolute atomic E-state index is 0. The molecule has 0 spiro atoms. The Kier molecular flexibility index (Phi) is 10.7. The number of carbonyl (C=O) groups excluding carboxylic acids is 1. The van der Waals surface area contributed by atoms with Crippen LogP contribution in [-0.2, 0) is 20.6 Å². The highest BCUT2D eigenvalue weighted by Gasteiger charge is 2.28. The number of aromatic nitrogens is 1. The highest BCUT2D eigenvalue weighted by Crippen LogP contribution is 2.12. The van der Waals surface area contributed by atoms with Crippen molar-refractivity contribution in [3.63, 3.8) is 0 Å². The first-order valence-corrected chi connectivity index (χ1v) is 10.7. The fourth-order valence-corrected chi connectivity index (χ4v) is 4.17. The minimum atomic E-state index is -3.43. The summed E-state index contributed by atoms with van der Waals surface area (Å²) in [6.45, 7) is 4.96. The van der Waals surface area contributed by atoms with E-state index in [1.807, 2.05) is 11.8 Å². The van der Waals surface area contributed by atoms with Crippen LogP contribution in [0, 0.1) is 0 Å². The Hall–Kier alpha value is -1.41. The highest BCUT2D eigenvalue weighted by atomic mass is 127. The average Bonchev–Trinajstić information content (AvgIpc) is 3.16. The molecule has 0 unspecified atom stereocenters. The van der Waals surface area contributed by atoms with E-state index in [0.29, 0.717) is 57.3 Å². The summed E-state index contributed by atoms with van der Waals surface area (Å²) in [6, 6.07) is 1.55. The van der Waals surface area contributed by atoms with Crippen molar-refractivity contribution >= 4 is 45.9 Å². The molecule has 1 aliphatic rings. The molecule has 2 N–H and O–H groups in total. The van der Waals surface area contributed by atoms with Crippen molar-refractivity contribution < 1.29 is 17.7 Å². The predicted molar refractivity (Wildman–Crippen MR) is 117 cm³/mol. The molecule has 0 radical (unpaired) electrons. The first kappa shape index (κ1) is 24.6. The van der Waals surface area contributed by atoms with Gasteiger partial charge in [0.2, 0.25) is 15.9 Å². The minimum Gasteiger partial charge on any atom is -0.364 e. The molecule has 0 aliphatic carbocycles. The van der Waals surface area contributed by atoms with E-state index in [0.717, 1.165) is 6.42 Å². The number of nitrogens with one attached hydrogen (secondary N) is 2. The van der Waals surface area contributed by atoms with Crippen LogP contribution in [-0.4, -0.2) is 81.0 Å². The van der Waals surface area contributed by atoms with Gasteiger partial charge < -0.3 is 20.1 Å².